The molecular formula is C31H47N7O. The molecule has 0 saturated carbocycles. The number of carbonyl (C=O) groups excluding carboxylic acids is 1. The number of nitrogens with zero attached hydrogens (tertiary/aromatic N) is 6. The largest absolute Gasteiger partial charge is 0.351 e. The second-order valence-electron chi connectivity index (χ2n) is 9.76. The molecule has 1 fully saturated rings. The maximum atomic E-state index is 11.9. The zero-order valence-corrected chi connectivity index (χ0v) is 25.0. The van der Waals surface area contributed by atoms with Gasteiger partial charge in [-0.15, -0.1) is 0 Å². The molecule has 8 nitrogen and oxygen atoms in total. The Morgan fingerprint density at radius 2 is 1.92 bits per heavy atom. The Morgan fingerprint density at radius 3 is 2.64 bits per heavy atom. The Bertz CT molecular complexity index is 1180. The van der Waals surface area contributed by atoms with Crippen LogP contribution in [0.2, 0.25) is 0 Å². The first-order chi connectivity index (χ1) is 19.0. The lowest BCUT2D eigenvalue weighted by atomic mass is 9.91. The number of allylic oxidation sites excluding steroid dienone is 2. The summed E-state index contributed by atoms with van der Waals surface area (Å²) in [4.78, 5) is 28.8. The van der Waals surface area contributed by atoms with Crippen LogP contribution in [0.3, 0.4) is 0 Å². The number of imidazole rings is 1. The summed E-state index contributed by atoms with van der Waals surface area (Å²) in [5.41, 5.74) is 8.03. The normalized spacial score (nSPS) is 18.1. The quantitative estimate of drug-likeness (QED) is 0.543. The number of likely N-dealkylation sites (N-methyl/N-ethyl adjacent to an activating group) is 1. The van der Waals surface area contributed by atoms with E-state index in [9.17, 15) is 4.79 Å². The van der Waals surface area contributed by atoms with Gasteiger partial charge in [0, 0.05) is 45.8 Å². The molecule has 2 aliphatic heterocycles. The fourth-order valence-corrected chi connectivity index (χ4v) is 5.32. The molecule has 1 atom stereocenters. The molecule has 212 valence electrons. The molecule has 39 heavy (non-hydrogen) atoms. The second-order valence-corrected chi connectivity index (χ2v) is 9.76. The highest BCUT2D eigenvalue weighted by atomic mass is 16.1. The number of rotatable bonds is 6. The van der Waals surface area contributed by atoms with Gasteiger partial charge in [-0.2, -0.15) is 0 Å². The Kier molecular flexibility index (Phi) is 11.5. The van der Waals surface area contributed by atoms with E-state index in [4.69, 9.17) is 9.97 Å². The average Bonchev–Trinajstić information content (AvgIpc) is 3.16. The van der Waals surface area contributed by atoms with Crippen LogP contribution in [0.5, 0.6) is 0 Å². The van der Waals surface area contributed by atoms with Crippen molar-refractivity contribution in [1.29, 1.82) is 0 Å². The summed E-state index contributed by atoms with van der Waals surface area (Å²) in [5, 5.41) is 3.03. The summed E-state index contributed by atoms with van der Waals surface area (Å²) in [6.07, 6.45) is 11.2. The smallest absolute Gasteiger partial charge is 0.217 e. The van der Waals surface area contributed by atoms with Crippen LogP contribution in [0.4, 0.5) is 0 Å². The van der Waals surface area contributed by atoms with Gasteiger partial charge in [0.1, 0.15) is 5.82 Å². The van der Waals surface area contributed by atoms with Crippen molar-refractivity contribution in [2.24, 2.45) is 0 Å². The van der Waals surface area contributed by atoms with E-state index in [2.05, 4.69) is 50.5 Å². The number of hydrogen-bond donors (Lipinski definition) is 1. The molecule has 8 heteroatoms. The molecule has 5 rings (SSSR count). The topological polar surface area (TPSA) is 69.5 Å². The van der Waals surface area contributed by atoms with Crippen LogP contribution in [0.15, 0.2) is 36.2 Å². The molecule has 0 spiro atoms. The minimum absolute atomic E-state index is 0.0462. The van der Waals surface area contributed by atoms with E-state index >= 15 is 0 Å². The van der Waals surface area contributed by atoms with Crippen LogP contribution in [0.25, 0.3) is 11.9 Å². The highest BCUT2D eigenvalue weighted by molar-refractivity contribution is 5.73. The molecule has 1 saturated heterocycles. The minimum Gasteiger partial charge on any atom is -0.351 e. The summed E-state index contributed by atoms with van der Waals surface area (Å²) in [7, 11) is 4.32. The summed E-state index contributed by atoms with van der Waals surface area (Å²) in [5.74, 6) is 1.84. The third kappa shape index (κ3) is 7.27. The molecular weight excluding hydrogens is 486 g/mol. The van der Waals surface area contributed by atoms with E-state index in [0.717, 1.165) is 68.5 Å². The van der Waals surface area contributed by atoms with Crippen LogP contribution in [0.1, 0.15) is 82.0 Å². The zero-order valence-electron chi connectivity index (χ0n) is 25.0. The molecule has 1 N–H and O–H groups in total. The van der Waals surface area contributed by atoms with E-state index in [1.807, 2.05) is 58.2 Å². The van der Waals surface area contributed by atoms with Gasteiger partial charge in [-0.1, -0.05) is 45.6 Å². The number of carbonyl (C=O) groups is 1. The summed E-state index contributed by atoms with van der Waals surface area (Å²) >= 11 is 0. The number of aromatic nitrogens is 3. The van der Waals surface area contributed by atoms with E-state index in [1.54, 1.807) is 6.92 Å². The third-order valence-corrected chi connectivity index (χ3v) is 7.25. The van der Waals surface area contributed by atoms with Crippen molar-refractivity contribution in [3.63, 3.8) is 0 Å². The molecule has 0 aromatic carbocycles. The fourth-order valence-electron chi connectivity index (χ4n) is 5.32. The van der Waals surface area contributed by atoms with Gasteiger partial charge in [-0.3, -0.25) is 19.2 Å². The number of piperazine rings is 1. The van der Waals surface area contributed by atoms with Crippen molar-refractivity contribution in [3.8, 4) is 0 Å². The molecule has 4 heterocycles. The average molecular weight is 534 g/mol. The molecule has 3 aliphatic rings. The van der Waals surface area contributed by atoms with E-state index in [-0.39, 0.29) is 11.9 Å². The van der Waals surface area contributed by atoms with Crippen molar-refractivity contribution in [2.75, 3.05) is 40.3 Å². The maximum absolute atomic E-state index is 11.9. The second kappa shape index (κ2) is 14.8. The molecule has 0 radical (unpaired) electrons. The van der Waals surface area contributed by atoms with Crippen LogP contribution in [0, 0.1) is 0 Å². The predicted octanol–water partition coefficient (Wildman–Crippen LogP) is 4.70. The fraction of sp³-hybridized carbons (Fsp3) is 0.548. The van der Waals surface area contributed by atoms with Gasteiger partial charge >= 0.3 is 0 Å². The molecule has 0 bridgehead atoms. The summed E-state index contributed by atoms with van der Waals surface area (Å²) in [6.45, 7) is 14.6. The van der Waals surface area contributed by atoms with E-state index < -0.39 is 0 Å². The van der Waals surface area contributed by atoms with Gasteiger partial charge in [-0.05, 0) is 57.1 Å². The highest BCUT2D eigenvalue weighted by Gasteiger charge is 2.29. The van der Waals surface area contributed by atoms with Crippen molar-refractivity contribution in [1.82, 2.24) is 34.6 Å². The van der Waals surface area contributed by atoms with E-state index in [0.29, 0.717) is 13.1 Å². The first-order valence-electron chi connectivity index (χ1n) is 14.6. The van der Waals surface area contributed by atoms with Gasteiger partial charge in [0.05, 0.1) is 29.7 Å². The van der Waals surface area contributed by atoms with Crippen molar-refractivity contribution < 1.29 is 4.79 Å². The molecule has 1 aliphatic carbocycles. The Balaban J connectivity index is 0.00000100. The summed E-state index contributed by atoms with van der Waals surface area (Å²) in [6, 6.07) is 4.50. The van der Waals surface area contributed by atoms with Crippen molar-refractivity contribution >= 4 is 17.8 Å². The molecule has 1 amide bonds. The van der Waals surface area contributed by atoms with Gasteiger partial charge in [0.25, 0.3) is 0 Å². The Hall–Kier alpha value is -3.19. The molecule has 0 unspecified atom stereocenters. The van der Waals surface area contributed by atoms with Crippen molar-refractivity contribution in [3.05, 3.63) is 64.7 Å². The Morgan fingerprint density at radius 1 is 1.18 bits per heavy atom. The standard InChI is InChI=1S/C27H35N7O.2C2H6/c1-20(35)29-18-24-22(19-32(3)23-10-6-8-21-9-7-13-28-27(21)23)30-25-11-4-5-12-26(34(24)25)33-16-14-31(2)15-17-33;2*1-2/h4-5,7,9,11,13,23H,6,8,10,14-19H2,1-3H3,(H,29,35);2*1-2H3/t23-;;/m0../s1. The SMILES string of the molecule is CC.CC.CC(=O)NCc1c(CN(C)[C@H]2CCCc3cccnc32)nc2n1C(N1CCN(C)CC1)=C=CC=C2. The van der Waals surface area contributed by atoms with Crippen LogP contribution in [-0.2, 0) is 24.3 Å². The lowest BCUT2D eigenvalue weighted by Crippen LogP contribution is -2.44. The highest BCUT2D eigenvalue weighted by Crippen LogP contribution is 2.33. The van der Waals surface area contributed by atoms with Crippen LogP contribution in [-0.4, -0.2) is 75.4 Å². The lowest BCUT2D eigenvalue weighted by Gasteiger charge is -2.35. The molecule has 2 aromatic heterocycles. The van der Waals surface area contributed by atoms with Crippen LogP contribution >= 0.6 is 0 Å². The van der Waals surface area contributed by atoms with Gasteiger partial charge < -0.3 is 15.1 Å². The molecule has 2 aromatic rings. The Labute approximate surface area is 235 Å². The monoisotopic (exact) mass is 533 g/mol. The summed E-state index contributed by atoms with van der Waals surface area (Å²) < 4.78 is 2.19. The number of aryl methyl sites for hydroxylation is 1. The first-order valence-corrected chi connectivity index (χ1v) is 14.6. The van der Waals surface area contributed by atoms with Crippen LogP contribution < -0.4 is 5.32 Å². The number of pyridine rings is 1. The van der Waals surface area contributed by atoms with E-state index in [1.165, 1.54) is 11.3 Å². The number of amides is 1. The lowest BCUT2D eigenvalue weighted by molar-refractivity contribution is -0.119. The van der Waals surface area contributed by atoms with Gasteiger partial charge in [0.2, 0.25) is 5.91 Å². The number of nitrogens with one attached hydrogen (secondary N) is 1. The number of hydrogen-bond acceptors (Lipinski definition) is 6. The zero-order chi connectivity index (χ0) is 28.4. The first kappa shape index (κ1) is 30.4. The van der Waals surface area contributed by atoms with Gasteiger partial charge in [-0.25, -0.2) is 4.98 Å². The number of fused-ring (bicyclic) bond motifs is 2. The third-order valence-electron chi connectivity index (χ3n) is 7.25. The van der Waals surface area contributed by atoms with Gasteiger partial charge in [0.15, 0.2) is 5.82 Å². The minimum atomic E-state index is -0.0462. The van der Waals surface area contributed by atoms with Crippen molar-refractivity contribution in [2.45, 2.75) is 73.0 Å². The maximum Gasteiger partial charge on any atom is 0.217 e. The predicted molar refractivity (Wildman–Crippen MR) is 160 cm³/mol.